The Labute approximate surface area is 124 Å². The second-order valence-corrected chi connectivity index (χ2v) is 5.85. The van der Waals surface area contributed by atoms with Crippen LogP contribution in [0.4, 0.5) is 17.2 Å². The van der Waals surface area contributed by atoms with Crippen molar-refractivity contribution in [3.63, 3.8) is 0 Å². The van der Waals surface area contributed by atoms with E-state index in [4.69, 9.17) is 10.5 Å². The minimum absolute atomic E-state index is 0.573. The quantitative estimate of drug-likeness (QED) is 0.935. The molecule has 2 N–H and O–H groups in total. The van der Waals surface area contributed by atoms with Gasteiger partial charge in [-0.15, -0.1) is 0 Å². The summed E-state index contributed by atoms with van der Waals surface area (Å²) in [6, 6.07) is 12.3. The van der Waals surface area contributed by atoms with Crippen molar-refractivity contribution >= 4 is 17.2 Å². The van der Waals surface area contributed by atoms with Gasteiger partial charge in [-0.05, 0) is 48.9 Å². The van der Waals surface area contributed by atoms with Crippen LogP contribution in [0.1, 0.15) is 18.4 Å². The van der Waals surface area contributed by atoms with E-state index < -0.39 is 0 Å². The summed E-state index contributed by atoms with van der Waals surface area (Å²) in [6.45, 7) is 1.69. The molecule has 4 rings (SSSR count). The maximum Gasteiger partial charge on any atom is 0.239 e. The van der Waals surface area contributed by atoms with Crippen LogP contribution in [0.3, 0.4) is 0 Å². The lowest BCUT2D eigenvalue weighted by Gasteiger charge is -2.19. The first-order valence-electron chi connectivity index (χ1n) is 7.56. The van der Waals surface area contributed by atoms with Gasteiger partial charge in [-0.25, -0.2) is 0 Å². The molecule has 21 heavy (non-hydrogen) atoms. The largest absolute Gasteiger partial charge is 0.476 e. The molecule has 2 heterocycles. The number of para-hydroxylation sites is 1. The van der Waals surface area contributed by atoms with Crippen molar-refractivity contribution in [3.8, 4) is 5.88 Å². The van der Waals surface area contributed by atoms with Gasteiger partial charge in [0.25, 0.3) is 0 Å². The zero-order chi connectivity index (χ0) is 14.2. The molecule has 1 saturated carbocycles. The van der Waals surface area contributed by atoms with Crippen molar-refractivity contribution in [1.29, 1.82) is 0 Å². The zero-order valence-electron chi connectivity index (χ0n) is 12.0. The lowest BCUT2D eigenvalue weighted by atomic mass is 10.2. The smallest absolute Gasteiger partial charge is 0.239 e. The van der Waals surface area contributed by atoms with Crippen LogP contribution < -0.4 is 15.4 Å². The summed E-state index contributed by atoms with van der Waals surface area (Å²) < 4.78 is 5.79. The van der Waals surface area contributed by atoms with Crippen LogP contribution in [0.5, 0.6) is 5.88 Å². The molecule has 0 saturated heterocycles. The highest BCUT2D eigenvalue weighted by atomic mass is 16.5. The first kappa shape index (κ1) is 12.5. The third kappa shape index (κ3) is 2.42. The number of nitrogens with two attached hydrogens (primary N) is 1. The van der Waals surface area contributed by atoms with Crippen LogP contribution >= 0.6 is 0 Å². The van der Waals surface area contributed by atoms with Gasteiger partial charge in [-0.2, -0.15) is 4.98 Å². The number of rotatable bonds is 4. The SMILES string of the molecule is Nc1ccc(N2CCc3ccccc32)nc1OCC1CC1. The number of ether oxygens (including phenoxy) is 1. The van der Waals surface area contributed by atoms with E-state index in [0.29, 0.717) is 17.5 Å². The van der Waals surface area contributed by atoms with Crippen molar-refractivity contribution in [1.82, 2.24) is 4.98 Å². The highest BCUT2D eigenvalue weighted by Gasteiger charge is 2.24. The van der Waals surface area contributed by atoms with Crippen molar-refractivity contribution in [2.75, 3.05) is 23.8 Å². The lowest BCUT2D eigenvalue weighted by Crippen LogP contribution is -2.15. The summed E-state index contributed by atoms with van der Waals surface area (Å²) in [5.41, 5.74) is 9.21. The highest BCUT2D eigenvalue weighted by Crippen LogP contribution is 2.35. The maximum absolute atomic E-state index is 5.98. The van der Waals surface area contributed by atoms with Crippen molar-refractivity contribution < 1.29 is 4.74 Å². The summed E-state index contributed by atoms with van der Waals surface area (Å²) in [7, 11) is 0. The molecule has 108 valence electrons. The molecule has 1 fully saturated rings. The van der Waals surface area contributed by atoms with Gasteiger partial charge in [0.05, 0.1) is 12.3 Å². The molecule has 1 aliphatic carbocycles. The Morgan fingerprint density at radius 1 is 1.19 bits per heavy atom. The van der Waals surface area contributed by atoms with E-state index in [2.05, 4.69) is 34.1 Å². The highest BCUT2D eigenvalue weighted by molar-refractivity contribution is 5.69. The summed E-state index contributed by atoms with van der Waals surface area (Å²) in [4.78, 5) is 6.87. The Bertz CT molecular complexity index is 667. The topological polar surface area (TPSA) is 51.4 Å². The van der Waals surface area contributed by atoms with E-state index in [0.717, 1.165) is 25.4 Å². The fourth-order valence-corrected chi connectivity index (χ4v) is 2.76. The predicted molar refractivity (Wildman–Crippen MR) is 84.0 cm³/mol. The number of nitrogen functional groups attached to an aromatic ring is 1. The third-order valence-corrected chi connectivity index (χ3v) is 4.19. The molecule has 2 aromatic rings. The molecule has 4 heteroatoms. The van der Waals surface area contributed by atoms with Crippen molar-refractivity contribution in [3.05, 3.63) is 42.0 Å². The molecule has 0 amide bonds. The molecule has 1 aromatic carbocycles. The molecular weight excluding hydrogens is 262 g/mol. The fraction of sp³-hybridized carbons (Fsp3) is 0.353. The van der Waals surface area contributed by atoms with E-state index in [1.165, 1.54) is 24.1 Å². The Morgan fingerprint density at radius 3 is 2.90 bits per heavy atom. The molecule has 4 nitrogen and oxygen atoms in total. The third-order valence-electron chi connectivity index (χ3n) is 4.19. The lowest BCUT2D eigenvalue weighted by molar-refractivity contribution is 0.290. The molecule has 0 atom stereocenters. The molecule has 0 radical (unpaired) electrons. The van der Waals surface area contributed by atoms with Gasteiger partial charge in [-0.1, -0.05) is 18.2 Å². The van der Waals surface area contributed by atoms with Gasteiger partial charge >= 0.3 is 0 Å². The zero-order valence-corrected chi connectivity index (χ0v) is 12.0. The van der Waals surface area contributed by atoms with E-state index in [1.807, 2.05) is 12.1 Å². The number of pyridine rings is 1. The first-order valence-corrected chi connectivity index (χ1v) is 7.56. The molecule has 0 unspecified atom stereocenters. The van der Waals surface area contributed by atoms with Gasteiger partial charge in [0, 0.05) is 12.2 Å². The molecule has 1 aliphatic heterocycles. The predicted octanol–water partition coefficient (Wildman–Crippen LogP) is 3.15. The summed E-state index contributed by atoms with van der Waals surface area (Å²) >= 11 is 0. The Morgan fingerprint density at radius 2 is 2.05 bits per heavy atom. The second-order valence-electron chi connectivity index (χ2n) is 5.85. The summed E-state index contributed by atoms with van der Waals surface area (Å²) in [5.74, 6) is 2.19. The Hall–Kier alpha value is -2.23. The molecule has 1 aromatic heterocycles. The number of hydrogen-bond acceptors (Lipinski definition) is 4. The average Bonchev–Trinajstić information content (AvgIpc) is 3.24. The van der Waals surface area contributed by atoms with E-state index in [1.54, 1.807) is 0 Å². The monoisotopic (exact) mass is 281 g/mol. The second kappa shape index (κ2) is 4.95. The Kier molecular flexibility index (Phi) is 2.95. The summed E-state index contributed by atoms with van der Waals surface area (Å²) in [5, 5.41) is 0. The van der Waals surface area contributed by atoms with Crippen molar-refractivity contribution in [2.24, 2.45) is 5.92 Å². The minimum atomic E-state index is 0.573. The van der Waals surface area contributed by atoms with Gasteiger partial charge < -0.3 is 15.4 Å². The molecule has 0 bridgehead atoms. The van der Waals surface area contributed by atoms with Crippen LogP contribution in [-0.2, 0) is 6.42 Å². The van der Waals surface area contributed by atoms with Crippen LogP contribution in [0, 0.1) is 5.92 Å². The number of anilines is 3. The van der Waals surface area contributed by atoms with E-state index in [-0.39, 0.29) is 0 Å². The van der Waals surface area contributed by atoms with Gasteiger partial charge in [0.15, 0.2) is 0 Å². The van der Waals surface area contributed by atoms with E-state index in [9.17, 15) is 0 Å². The first-order chi connectivity index (χ1) is 10.3. The molecular formula is C17H19N3O. The number of hydrogen-bond donors (Lipinski definition) is 1. The number of nitrogens with zero attached hydrogens (tertiary/aromatic N) is 2. The maximum atomic E-state index is 5.98. The van der Waals surface area contributed by atoms with Crippen molar-refractivity contribution in [2.45, 2.75) is 19.3 Å². The number of fused-ring (bicyclic) bond motifs is 1. The molecule has 0 spiro atoms. The van der Waals surface area contributed by atoms with Crippen LogP contribution in [0.15, 0.2) is 36.4 Å². The van der Waals surface area contributed by atoms with Crippen LogP contribution in [-0.4, -0.2) is 18.1 Å². The summed E-state index contributed by atoms with van der Waals surface area (Å²) in [6.07, 6.45) is 3.58. The number of benzene rings is 1. The minimum Gasteiger partial charge on any atom is -0.476 e. The Balaban J connectivity index is 1.61. The van der Waals surface area contributed by atoms with Gasteiger partial charge in [0.2, 0.25) is 5.88 Å². The molecule has 2 aliphatic rings. The van der Waals surface area contributed by atoms with Gasteiger partial charge in [0.1, 0.15) is 5.82 Å². The van der Waals surface area contributed by atoms with Crippen LogP contribution in [0.25, 0.3) is 0 Å². The van der Waals surface area contributed by atoms with Gasteiger partial charge in [-0.3, -0.25) is 0 Å². The standard InChI is InChI=1S/C17H19N3O/c18-14-7-8-16(19-17(14)21-11-12-5-6-12)20-10-9-13-3-1-2-4-15(13)20/h1-4,7-8,12H,5-6,9-11,18H2. The average molecular weight is 281 g/mol. The fourth-order valence-electron chi connectivity index (χ4n) is 2.76. The normalized spacial score (nSPS) is 16.9. The number of aromatic nitrogens is 1. The van der Waals surface area contributed by atoms with E-state index >= 15 is 0 Å². The van der Waals surface area contributed by atoms with Crippen LogP contribution in [0.2, 0.25) is 0 Å².